The zero-order valence-electron chi connectivity index (χ0n) is 12.7. The second-order valence-corrected chi connectivity index (χ2v) is 7.07. The van der Waals surface area contributed by atoms with E-state index in [1.807, 2.05) is 6.20 Å². The molecule has 1 unspecified atom stereocenters. The Labute approximate surface area is 131 Å². The lowest BCUT2D eigenvalue weighted by molar-refractivity contribution is 0.338. The standard InChI is InChI=1S/C18H24N2S/c1-14(18-19-11-12-21-18)13-20-17-9-7-16(8-10-17)15-5-3-2-4-6-15/h2-6,11-12,14,16-17,20H,7-10,13H2,1H3. The topological polar surface area (TPSA) is 24.9 Å². The van der Waals surface area contributed by atoms with E-state index in [0.29, 0.717) is 12.0 Å². The molecule has 1 atom stereocenters. The smallest absolute Gasteiger partial charge is 0.0965 e. The number of aromatic nitrogens is 1. The van der Waals surface area contributed by atoms with Crippen molar-refractivity contribution in [3.8, 4) is 0 Å². The molecule has 112 valence electrons. The Morgan fingerprint density at radius 2 is 1.95 bits per heavy atom. The van der Waals surface area contributed by atoms with Gasteiger partial charge in [-0.1, -0.05) is 37.3 Å². The number of rotatable bonds is 5. The normalized spacial score (nSPS) is 23.9. The highest BCUT2D eigenvalue weighted by Gasteiger charge is 2.22. The van der Waals surface area contributed by atoms with Crippen molar-refractivity contribution in [3.63, 3.8) is 0 Å². The van der Waals surface area contributed by atoms with Crippen molar-refractivity contribution < 1.29 is 0 Å². The van der Waals surface area contributed by atoms with E-state index in [0.717, 1.165) is 12.5 Å². The molecule has 3 rings (SSSR count). The van der Waals surface area contributed by atoms with E-state index in [9.17, 15) is 0 Å². The second-order valence-electron chi connectivity index (χ2n) is 6.14. The van der Waals surface area contributed by atoms with Crippen LogP contribution in [0.4, 0.5) is 0 Å². The van der Waals surface area contributed by atoms with Gasteiger partial charge in [0.05, 0.1) is 5.01 Å². The molecule has 0 radical (unpaired) electrons. The van der Waals surface area contributed by atoms with Crippen molar-refractivity contribution >= 4 is 11.3 Å². The van der Waals surface area contributed by atoms with Crippen LogP contribution in [0.2, 0.25) is 0 Å². The minimum Gasteiger partial charge on any atom is -0.313 e. The van der Waals surface area contributed by atoms with E-state index in [1.165, 1.54) is 36.3 Å². The molecule has 0 spiro atoms. The van der Waals surface area contributed by atoms with Crippen LogP contribution >= 0.6 is 11.3 Å². The van der Waals surface area contributed by atoms with Crippen LogP contribution in [0.1, 0.15) is 55.0 Å². The monoisotopic (exact) mass is 300 g/mol. The van der Waals surface area contributed by atoms with Gasteiger partial charge in [-0.25, -0.2) is 4.98 Å². The van der Waals surface area contributed by atoms with Gasteiger partial charge in [0.1, 0.15) is 0 Å². The van der Waals surface area contributed by atoms with Gasteiger partial charge in [-0.2, -0.15) is 0 Å². The van der Waals surface area contributed by atoms with Crippen LogP contribution in [-0.2, 0) is 0 Å². The zero-order chi connectivity index (χ0) is 14.5. The van der Waals surface area contributed by atoms with Gasteiger partial charge < -0.3 is 5.32 Å². The van der Waals surface area contributed by atoms with Crippen molar-refractivity contribution in [3.05, 3.63) is 52.5 Å². The SMILES string of the molecule is CC(CNC1CCC(c2ccccc2)CC1)c1nccs1. The lowest BCUT2D eigenvalue weighted by Crippen LogP contribution is -2.35. The van der Waals surface area contributed by atoms with Gasteiger partial charge in [-0.3, -0.25) is 0 Å². The van der Waals surface area contributed by atoms with Crippen molar-refractivity contribution in [2.45, 2.75) is 50.5 Å². The highest BCUT2D eigenvalue weighted by molar-refractivity contribution is 7.09. The first-order valence-electron chi connectivity index (χ1n) is 8.00. The van der Waals surface area contributed by atoms with Gasteiger partial charge in [0.25, 0.3) is 0 Å². The van der Waals surface area contributed by atoms with Crippen LogP contribution in [0, 0.1) is 0 Å². The molecule has 1 fully saturated rings. The molecule has 1 N–H and O–H groups in total. The minimum absolute atomic E-state index is 0.525. The van der Waals surface area contributed by atoms with Crippen LogP contribution in [0.15, 0.2) is 41.9 Å². The summed E-state index contributed by atoms with van der Waals surface area (Å²) >= 11 is 1.76. The summed E-state index contributed by atoms with van der Waals surface area (Å²) in [5.41, 5.74) is 1.52. The highest BCUT2D eigenvalue weighted by atomic mass is 32.1. The number of nitrogens with one attached hydrogen (secondary N) is 1. The summed E-state index contributed by atoms with van der Waals surface area (Å²) in [6, 6.07) is 11.7. The van der Waals surface area contributed by atoms with Crippen molar-refractivity contribution in [2.75, 3.05) is 6.54 Å². The average molecular weight is 300 g/mol. The van der Waals surface area contributed by atoms with E-state index in [2.05, 4.69) is 52.9 Å². The molecule has 21 heavy (non-hydrogen) atoms. The molecule has 0 bridgehead atoms. The Morgan fingerprint density at radius 3 is 2.62 bits per heavy atom. The van der Waals surface area contributed by atoms with Gasteiger partial charge in [0.15, 0.2) is 0 Å². The fourth-order valence-electron chi connectivity index (χ4n) is 3.26. The summed E-state index contributed by atoms with van der Waals surface area (Å²) in [5, 5.41) is 7.07. The van der Waals surface area contributed by atoms with Gasteiger partial charge in [-0.15, -0.1) is 11.3 Å². The summed E-state index contributed by atoms with van der Waals surface area (Å²) in [5.74, 6) is 1.29. The van der Waals surface area contributed by atoms with Gasteiger partial charge >= 0.3 is 0 Å². The first kappa shape index (κ1) is 14.7. The molecule has 1 saturated carbocycles. The maximum atomic E-state index is 4.41. The predicted octanol–water partition coefficient (Wildman–Crippen LogP) is 4.56. The lowest BCUT2D eigenvalue weighted by Gasteiger charge is -2.30. The maximum absolute atomic E-state index is 4.41. The van der Waals surface area contributed by atoms with E-state index in [4.69, 9.17) is 0 Å². The number of benzene rings is 1. The summed E-state index contributed by atoms with van der Waals surface area (Å²) in [6.45, 7) is 3.32. The molecule has 0 saturated heterocycles. The predicted molar refractivity (Wildman–Crippen MR) is 90.0 cm³/mol. The minimum atomic E-state index is 0.525. The molecule has 3 heteroatoms. The molecule has 1 heterocycles. The number of thiazole rings is 1. The van der Waals surface area contributed by atoms with Gasteiger partial charge in [0, 0.05) is 30.1 Å². The van der Waals surface area contributed by atoms with E-state index < -0.39 is 0 Å². The van der Waals surface area contributed by atoms with Crippen LogP contribution in [-0.4, -0.2) is 17.6 Å². The Balaban J connectivity index is 1.44. The van der Waals surface area contributed by atoms with Crippen molar-refractivity contribution in [1.29, 1.82) is 0 Å². The molecular formula is C18H24N2S. The summed E-state index contributed by atoms with van der Waals surface area (Å²) < 4.78 is 0. The molecule has 1 aliphatic rings. The Kier molecular flexibility index (Phi) is 5.04. The summed E-state index contributed by atoms with van der Waals surface area (Å²) in [7, 11) is 0. The Bertz CT molecular complexity index is 515. The first-order valence-corrected chi connectivity index (χ1v) is 8.88. The Morgan fingerprint density at radius 1 is 1.19 bits per heavy atom. The third-order valence-corrected chi connectivity index (χ3v) is 5.59. The van der Waals surface area contributed by atoms with Gasteiger partial charge in [0.2, 0.25) is 0 Å². The van der Waals surface area contributed by atoms with Crippen LogP contribution < -0.4 is 5.32 Å². The van der Waals surface area contributed by atoms with Crippen LogP contribution in [0.3, 0.4) is 0 Å². The van der Waals surface area contributed by atoms with Crippen molar-refractivity contribution in [1.82, 2.24) is 10.3 Å². The molecule has 1 aromatic heterocycles. The lowest BCUT2D eigenvalue weighted by atomic mass is 9.81. The fraction of sp³-hybridized carbons (Fsp3) is 0.500. The molecule has 1 aromatic carbocycles. The van der Waals surface area contributed by atoms with Gasteiger partial charge in [-0.05, 0) is 37.2 Å². The third kappa shape index (κ3) is 3.92. The third-order valence-electron chi connectivity index (χ3n) is 4.58. The second kappa shape index (κ2) is 7.19. The first-order chi connectivity index (χ1) is 10.3. The highest BCUT2D eigenvalue weighted by Crippen LogP contribution is 2.32. The number of hydrogen-bond acceptors (Lipinski definition) is 3. The molecule has 0 aliphatic heterocycles. The molecule has 1 aliphatic carbocycles. The molecule has 2 nitrogen and oxygen atoms in total. The Hall–Kier alpha value is -1.19. The summed E-state index contributed by atoms with van der Waals surface area (Å²) in [4.78, 5) is 4.41. The van der Waals surface area contributed by atoms with E-state index in [1.54, 1.807) is 11.3 Å². The van der Waals surface area contributed by atoms with Crippen LogP contribution in [0.25, 0.3) is 0 Å². The average Bonchev–Trinajstić information content (AvgIpc) is 3.08. The number of nitrogens with zero attached hydrogens (tertiary/aromatic N) is 1. The zero-order valence-corrected chi connectivity index (χ0v) is 13.5. The molecule has 0 amide bonds. The summed E-state index contributed by atoms with van der Waals surface area (Å²) in [6.07, 6.45) is 7.12. The molecular weight excluding hydrogens is 276 g/mol. The van der Waals surface area contributed by atoms with E-state index in [-0.39, 0.29) is 0 Å². The largest absolute Gasteiger partial charge is 0.313 e. The van der Waals surface area contributed by atoms with Crippen LogP contribution in [0.5, 0.6) is 0 Å². The quantitative estimate of drug-likeness (QED) is 0.875. The maximum Gasteiger partial charge on any atom is 0.0965 e. The fourth-order valence-corrected chi connectivity index (χ4v) is 3.96. The number of hydrogen-bond donors (Lipinski definition) is 1. The van der Waals surface area contributed by atoms with Crippen molar-refractivity contribution in [2.24, 2.45) is 0 Å². The van der Waals surface area contributed by atoms with E-state index >= 15 is 0 Å². The molecule has 2 aromatic rings.